The van der Waals surface area contributed by atoms with Crippen molar-refractivity contribution >= 4 is 32.6 Å². The summed E-state index contributed by atoms with van der Waals surface area (Å²) in [5.41, 5.74) is 1.42. The van der Waals surface area contributed by atoms with Crippen LogP contribution >= 0.6 is 11.3 Å². The molecule has 1 aromatic heterocycles. The van der Waals surface area contributed by atoms with Gasteiger partial charge in [0.15, 0.2) is 6.79 Å². The molecule has 0 saturated heterocycles. The fourth-order valence-electron chi connectivity index (χ4n) is 2.83. The third-order valence-electron chi connectivity index (χ3n) is 4.47. The SMILES string of the molecule is CCOCOc1ccc2nc(NC(=O)c3ccc([I-]c4ccc(OC)cc4)cc3)sc2c1. The average Bonchev–Trinajstić information content (AvgIpc) is 3.21. The minimum absolute atomic E-state index is 0.175. The first-order valence-electron chi connectivity index (χ1n) is 9.96. The molecule has 4 aromatic rings. The Morgan fingerprint density at radius 1 is 1.00 bits per heavy atom. The van der Waals surface area contributed by atoms with Crippen LogP contribution < -0.4 is 36.0 Å². The van der Waals surface area contributed by atoms with Crippen molar-refractivity contribution in [3.63, 3.8) is 0 Å². The molecule has 0 aliphatic heterocycles. The number of hydrogen-bond donors (Lipinski definition) is 1. The first-order chi connectivity index (χ1) is 15.6. The maximum atomic E-state index is 12.7. The summed E-state index contributed by atoms with van der Waals surface area (Å²) < 4.78 is 19.4. The number of thiazole rings is 1. The van der Waals surface area contributed by atoms with Gasteiger partial charge in [-0.3, -0.25) is 0 Å². The number of fused-ring (bicyclic) bond motifs is 1. The number of anilines is 1. The third kappa shape index (κ3) is 5.76. The number of aromatic nitrogens is 1. The van der Waals surface area contributed by atoms with E-state index in [-0.39, 0.29) is 33.9 Å². The van der Waals surface area contributed by atoms with Crippen molar-refractivity contribution in [2.24, 2.45) is 0 Å². The summed E-state index contributed by atoms with van der Waals surface area (Å²) in [6.07, 6.45) is 0. The van der Waals surface area contributed by atoms with Gasteiger partial charge >= 0.3 is 176 Å². The van der Waals surface area contributed by atoms with Crippen LogP contribution in [0.5, 0.6) is 11.5 Å². The first-order valence-corrected chi connectivity index (χ1v) is 12.9. The van der Waals surface area contributed by atoms with Gasteiger partial charge in [-0.25, -0.2) is 0 Å². The van der Waals surface area contributed by atoms with Gasteiger partial charge < -0.3 is 4.74 Å². The van der Waals surface area contributed by atoms with E-state index in [9.17, 15) is 4.79 Å². The van der Waals surface area contributed by atoms with Gasteiger partial charge in [0.25, 0.3) is 0 Å². The van der Waals surface area contributed by atoms with Crippen LogP contribution in [0.3, 0.4) is 0 Å². The van der Waals surface area contributed by atoms with Crippen LogP contribution in [0.4, 0.5) is 5.13 Å². The van der Waals surface area contributed by atoms with E-state index in [1.807, 2.05) is 61.5 Å². The van der Waals surface area contributed by atoms with E-state index in [4.69, 9.17) is 14.2 Å². The summed E-state index contributed by atoms with van der Waals surface area (Å²) in [4.78, 5) is 17.2. The summed E-state index contributed by atoms with van der Waals surface area (Å²) in [7, 11) is 1.66. The Morgan fingerprint density at radius 2 is 1.69 bits per heavy atom. The zero-order chi connectivity index (χ0) is 22.3. The van der Waals surface area contributed by atoms with Crippen LogP contribution in [0.1, 0.15) is 17.3 Å². The number of nitrogens with one attached hydrogen (secondary N) is 1. The quantitative estimate of drug-likeness (QED) is 0.193. The van der Waals surface area contributed by atoms with Crippen molar-refractivity contribution in [1.29, 1.82) is 0 Å². The topological polar surface area (TPSA) is 69.7 Å². The number of carbonyl (C=O) groups excluding carboxylic acids is 1. The fourth-order valence-corrected chi connectivity index (χ4v) is 5.88. The number of amides is 1. The third-order valence-corrected chi connectivity index (χ3v) is 8.08. The standard InChI is InChI=1S/C24H22IN2O4S/c1-3-30-15-31-20-12-13-21-22(14-20)32-24(26-21)27-23(28)16-4-6-17(7-5-16)25-18-8-10-19(29-2)11-9-18/h4-14H,3,15H2,1-2H3,(H,26,27,28)/q-1. The molecule has 1 N–H and O–H groups in total. The van der Waals surface area contributed by atoms with Gasteiger partial charge in [-0.05, 0) is 6.92 Å². The van der Waals surface area contributed by atoms with E-state index in [1.54, 1.807) is 7.11 Å². The molecule has 0 radical (unpaired) electrons. The Bertz CT molecular complexity index is 1190. The number of methoxy groups -OCH3 is 1. The zero-order valence-electron chi connectivity index (χ0n) is 17.6. The summed E-state index contributed by atoms with van der Waals surface area (Å²) in [6, 6.07) is 21.5. The van der Waals surface area contributed by atoms with E-state index in [0.29, 0.717) is 23.1 Å². The minimum atomic E-state index is -0.313. The number of benzene rings is 3. The molecule has 32 heavy (non-hydrogen) atoms. The monoisotopic (exact) mass is 561 g/mol. The van der Waals surface area contributed by atoms with Crippen LogP contribution in [-0.2, 0) is 4.74 Å². The molecule has 0 aliphatic carbocycles. The van der Waals surface area contributed by atoms with E-state index in [2.05, 4.69) is 22.4 Å². The zero-order valence-corrected chi connectivity index (χ0v) is 20.6. The normalized spacial score (nSPS) is 10.9. The second kappa shape index (κ2) is 10.8. The van der Waals surface area contributed by atoms with Crippen LogP contribution in [-0.4, -0.2) is 31.4 Å². The summed E-state index contributed by atoms with van der Waals surface area (Å²) in [5.74, 6) is 1.39. The van der Waals surface area contributed by atoms with Gasteiger partial charge in [-0.1, -0.05) is 0 Å². The van der Waals surface area contributed by atoms with Crippen LogP contribution in [0.25, 0.3) is 10.2 Å². The second-order valence-corrected chi connectivity index (χ2v) is 10.7. The number of ether oxygens (including phenoxy) is 3. The van der Waals surface area contributed by atoms with Crippen molar-refractivity contribution in [3.05, 3.63) is 79.4 Å². The Kier molecular flexibility index (Phi) is 7.56. The molecule has 166 valence electrons. The Labute approximate surface area is 200 Å². The Balaban J connectivity index is 1.39. The van der Waals surface area contributed by atoms with Crippen LogP contribution in [0, 0.1) is 7.14 Å². The van der Waals surface area contributed by atoms with Crippen molar-refractivity contribution in [3.8, 4) is 11.5 Å². The molecule has 0 spiro atoms. The molecule has 1 heterocycles. The molecule has 0 bridgehead atoms. The van der Waals surface area contributed by atoms with Gasteiger partial charge in [0.05, 0.1) is 0 Å². The summed E-state index contributed by atoms with van der Waals surface area (Å²) in [5, 5.41) is 3.46. The predicted molar refractivity (Wildman–Crippen MR) is 122 cm³/mol. The predicted octanol–water partition coefficient (Wildman–Crippen LogP) is 2.06. The van der Waals surface area contributed by atoms with Gasteiger partial charge in [0.1, 0.15) is 0 Å². The molecule has 0 saturated carbocycles. The van der Waals surface area contributed by atoms with Gasteiger partial charge in [0, 0.05) is 6.61 Å². The molecule has 0 aliphatic rings. The molecule has 0 atom stereocenters. The van der Waals surface area contributed by atoms with Crippen LogP contribution in [0.2, 0.25) is 0 Å². The summed E-state index contributed by atoms with van der Waals surface area (Å²) >= 11 is 1.10. The number of carbonyl (C=O) groups is 1. The fraction of sp³-hybridized carbons (Fsp3) is 0.167. The number of rotatable bonds is 9. The van der Waals surface area contributed by atoms with Crippen molar-refractivity contribution < 1.29 is 40.2 Å². The first kappa shape index (κ1) is 22.5. The van der Waals surface area contributed by atoms with E-state index in [1.165, 1.54) is 18.5 Å². The molecule has 0 fully saturated rings. The number of nitrogens with zero attached hydrogens (tertiary/aromatic N) is 1. The van der Waals surface area contributed by atoms with Gasteiger partial charge in [0.2, 0.25) is 0 Å². The van der Waals surface area contributed by atoms with E-state index < -0.39 is 0 Å². The number of halogens is 1. The summed E-state index contributed by atoms with van der Waals surface area (Å²) in [6.45, 7) is 2.73. The van der Waals surface area contributed by atoms with Gasteiger partial charge in [-0.2, -0.15) is 0 Å². The Hall–Kier alpha value is -2.69. The molecular formula is C24H22IN2O4S-. The number of hydrogen-bond acceptors (Lipinski definition) is 6. The van der Waals surface area contributed by atoms with E-state index >= 15 is 0 Å². The molecule has 6 nitrogen and oxygen atoms in total. The Morgan fingerprint density at radius 3 is 2.38 bits per heavy atom. The maximum absolute atomic E-state index is 12.7. The average molecular weight is 561 g/mol. The molecular weight excluding hydrogens is 539 g/mol. The van der Waals surface area contributed by atoms with Crippen molar-refractivity contribution in [2.75, 3.05) is 25.8 Å². The molecule has 4 rings (SSSR count). The second-order valence-electron chi connectivity index (χ2n) is 6.62. The molecule has 1 amide bonds. The molecule has 3 aromatic carbocycles. The van der Waals surface area contributed by atoms with Crippen molar-refractivity contribution in [2.45, 2.75) is 6.92 Å². The molecule has 8 heteroatoms. The van der Waals surface area contributed by atoms with Crippen LogP contribution in [0.15, 0.2) is 66.7 Å². The molecule has 0 unspecified atom stereocenters. The van der Waals surface area contributed by atoms with E-state index in [0.717, 1.165) is 16.0 Å². The van der Waals surface area contributed by atoms with Gasteiger partial charge in [-0.15, -0.1) is 0 Å². The van der Waals surface area contributed by atoms with Crippen molar-refractivity contribution in [1.82, 2.24) is 4.98 Å².